The second-order valence-electron chi connectivity index (χ2n) is 5.06. The highest BCUT2D eigenvalue weighted by Gasteiger charge is 2.09. The van der Waals surface area contributed by atoms with Crippen molar-refractivity contribution in [3.63, 3.8) is 0 Å². The van der Waals surface area contributed by atoms with Gasteiger partial charge in [0.2, 0.25) is 0 Å². The zero-order chi connectivity index (χ0) is 18.2. The number of nitrogens with one attached hydrogen (secondary N) is 3. The molecule has 2 amide bonds. The van der Waals surface area contributed by atoms with Gasteiger partial charge in [0.1, 0.15) is 11.5 Å². The molecule has 8 heteroatoms. The van der Waals surface area contributed by atoms with E-state index in [4.69, 9.17) is 17.0 Å². The van der Waals surface area contributed by atoms with Crippen LogP contribution in [-0.2, 0) is 4.79 Å². The number of aryl methyl sites for hydroxylation is 1. The zero-order valence-corrected chi connectivity index (χ0v) is 14.2. The molecule has 130 valence electrons. The number of thiocarbonyl (C=S) groups is 1. The third kappa shape index (κ3) is 5.78. The average Bonchev–Trinajstić information content (AvgIpc) is 2.59. The highest BCUT2D eigenvalue weighted by molar-refractivity contribution is 7.80. The van der Waals surface area contributed by atoms with Gasteiger partial charge in [-0.05, 0) is 55.0 Å². The molecule has 0 fully saturated rings. The van der Waals surface area contributed by atoms with Gasteiger partial charge in [-0.1, -0.05) is 18.2 Å². The molecular formula is C17H17N3O4S. The molecule has 0 aromatic heterocycles. The largest absolute Gasteiger partial charge is 0.508 e. The van der Waals surface area contributed by atoms with Crippen molar-refractivity contribution in [2.45, 2.75) is 6.92 Å². The molecule has 4 N–H and O–H groups in total. The second kappa shape index (κ2) is 8.65. The lowest BCUT2D eigenvalue weighted by atomic mass is 10.2. The number of hydrazine groups is 1. The number of phenolic OH excluding ortho intramolecular Hbond substituents is 1. The molecule has 0 saturated carbocycles. The van der Waals surface area contributed by atoms with E-state index in [2.05, 4.69) is 16.2 Å². The quantitative estimate of drug-likeness (QED) is 0.487. The SMILES string of the molecule is Cc1ccccc1OCC(=O)NC(=S)NNC(=O)c1ccc(O)cc1. The molecule has 0 aliphatic heterocycles. The molecule has 0 unspecified atom stereocenters. The van der Waals surface area contributed by atoms with E-state index in [9.17, 15) is 14.7 Å². The fourth-order valence-corrected chi connectivity index (χ4v) is 2.02. The lowest BCUT2D eigenvalue weighted by Gasteiger charge is -2.12. The number of benzene rings is 2. The minimum Gasteiger partial charge on any atom is -0.508 e. The van der Waals surface area contributed by atoms with Crippen LogP contribution >= 0.6 is 12.2 Å². The molecule has 2 aromatic rings. The van der Waals surface area contributed by atoms with Crippen LogP contribution in [0.25, 0.3) is 0 Å². The Balaban J connectivity index is 1.74. The van der Waals surface area contributed by atoms with Gasteiger partial charge in [-0.2, -0.15) is 0 Å². The van der Waals surface area contributed by atoms with Gasteiger partial charge in [-0.25, -0.2) is 0 Å². The summed E-state index contributed by atoms with van der Waals surface area (Å²) in [6.07, 6.45) is 0. The topological polar surface area (TPSA) is 99.7 Å². The summed E-state index contributed by atoms with van der Waals surface area (Å²) >= 11 is 4.92. The molecule has 0 spiro atoms. The zero-order valence-electron chi connectivity index (χ0n) is 13.4. The molecule has 0 saturated heterocycles. The number of ether oxygens (including phenoxy) is 1. The van der Waals surface area contributed by atoms with Crippen molar-refractivity contribution < 1.29 is 19.4 Å². The molecule has 2 aromatic carbocycles. The van der Waals surface area contributed by atoms with E-state index in [-0.39, 0.29) is 17.5 Å². The predicted octanol–water partition coefficient (Wildman–Crippen LogP) is 1.42. The first-order chi connectivity index (χ1) is 12.0. The Morgan fingerprint density at radius 2 is 1.76 bits per heavy atom. The number of carbonyl (C=O) groups is 2. The predicted molar refractivity (Wildman–Crippen MR) is 96.1 cm³/mol. The van der Waals surface area contributed by atoms with E-state index in [1.807, 2.05) is 25.1 Å². The fraction of sp³-hybridized carbons (Fsp3) is 0.118. The summed E-state index contributed by atoms with van der Waals surface area (Å²) in [5.41, 5.74) is 5.99. The van der Waals surface area contributed by atoms with Gasteiger partial charge in [0.15, 0.2) is 11.7 Å². The van der Waals surface area contributed by atoms with Crippen LogP contribution < -0.4 is 20.9 Å². The van der Waals surface area contributed by atoms with Gasteiger partial charge in [-0.3, -0.25) is 25.8 Å². The molecule has 25 heavy (non-hydrogen) atoms. The maximum absolute atomic E-state index is 11.8. The first-order valence-electron chi connectivity index (χ1n) is 7.33. The van der Waals surface area contributed by atoms with Crippen LogP contribution in [0.1, 0.15) is 15.9 Å². The molecule has 0 aliphatic carbocycles. The monoisotopic (exact) mass is 359 g/mol. The summed E-state index contributed by atoms with van der Waals surface area (Å²) in [6.45, 7) is 1.66. The molecule has 0 atom stereocenters. The number of para-hydroxylation sites is 1. The lowest BCUT2D eigenvalue weighted by molar-refractivity contribution is -0.121. The normalized spacial score (nSPS) is 9.80. The molecule has 0 heterocycles. The second-order valence-corrected chi connectivity index (χ2v) is 5.47. The van der Waals surface area contributed by atoms with Gasteiger partial charge >= 0.3 is 0 Å². The summed E-state index contributed by atoms with van der Waals surface area (Å²) in [7, 11) is 0. The van der Waals surface area contributed by atoms with Crippen LogP contribution in [0.2, 0.25) is 0 Å². The fourth-order valence-electron chi connectivity index (χ4n) is 1.85. The van der Waals surface area contributed by atoms with E-state index >= 15 is 0 Å². The van der Waals surface area contributed by atoms with Crippen molar-refractivity contribution in [1.82, 2.24) is 16.2 Å². The Hall–Kier alpha value is -3.13. The van der Waals surface area contributed by atoms with Crippen LogP contribution in [-0.4, -0.2) is 28.6 Å². The van der Waals surface area contributed by atoms with E-state index in [0.717, 1.165) is 5.56 Å². The Labute approximate surface area is 150 Å². The van der Waals surface area contributed by atoms with E-state index < -0.39 is 11.8 Å². The number of carbonyl (C=O) groups excluding carboxylic acids is 2. The lowest BCUT2D eigenvalue weighted by Crippen LogP contribution is -2.49. The molecule has 0 radical (unpaired) electrons. The summed E-state index contributed by atoms with van der Waals surface area (Å²) in [4.78, 5) is 23.6. The highest BCUT2D eigenvalue weighted by Crippen LogP contribution is 2.15. The van der Waals surface area contributed by atoms with Crippen LogP contribution in [0, 0.1) is 6.92 Å². The van der Waals surface area contributed by atoms with Gasteiger partial charge in [0, 0.05) is 5.56 Å². The van der Waals surface area contributed by atoms with Crippen molar-refractivity contribution >= 4 is 29.1 Å². The van der Waals surface area contributed by atoms with E-state index in [1.165, 1.54) is 24.3 Å². The first-order valence-corrected chi connectivity index (χ1v) is 7.74. The number of rotatable bonds is 4. The Bertz CT molecular complexity index is 778. The van der Waals surface area contributed by atoms with Crippen LogP contribution in [0.3, 0.4) is 0 Å². The van der Waals surface area contributed by atoms with E-state index in [1.54, 1.807) is 6.07 Å². The number of amides is 2. The van der Waals surface area contributed by atoms with Gasteiger partial charge in [0.25, 0.3) is 11.8 Å². The molecule has 7 nitrogen and oxygen atoms in total. The van der Waals surface area contributed by atoms with Gasteiger partial charge < -0.3 is 9.84 Å². The minimum atomic E-state index is -0.465. The number of aromatic hydroxyl groups is 1. The number of hydrogen-bond acceptors (Lipinski definition) is 5. The van der Waals surface area contributed by atoms with Crippen molar-refractivity contribution in [3.8, 4) is 11.5 Å². The van der Waals surface area contributed by atoms with Crippen LogP contribution in [0.15, 0.2) is 48.5 Å². The van der Waals surface area contributed by atoms with Crippen molar-refractivity contribution in [3.05, 3.63) is 59.7 Å². The Morgan fingerprint density at radius 1 is 1.08 bits per heavy atom. The van der Waals surface area contributed by atoms with Crippen LogP contribution in [0.4, 0.5) is 0 Å². The van der Waals surface area contributed by atoms with Gasteiger partial charge in [0.05, 0.1) is 0 Å². The summed E-state index contributed by atoms with van der Waals surface area (Å²) < 4.78 is 5.40. The maximum Gasteiger partial charge on any atom is 0.269 e. The van der Waals surface area contributed by atoms with Gasteiger partial charge in [-0.15, -0.1) is 0 Å². The van der Waals surface area contributed by atoms with Crippen molar-refractivity contribution in [1.29, 1.82) is 0 Å². The Morgan fingerprint density at radius 3 is 2.44 bits per heavy atom. The average molecular weight is 359 g/mol. The third-order valence-corrected chi connectivity index (χ3v) is 3.33. The standard InChI is InChI=1S/C17H17N3O4S/c1-11-4-2-3-5-14(11)24-10-15(22)18-17(25)20-19-16(23)12-6-8-13(21)9-7-12/h2-9,21H,10H2,1H3,(H,19,23)(H2,18,20,22,25). The minimum absolute atomic E-state index is 0.0564. The van der Waals surface area contributed by atoms with Crippen molar-refractivity contribution in [2.75, 3.05) is 6.61 Å². The summed E-state index contributed by atoms with van der Waals surface area (Å²) in [6, 6.07) is 13.0. The molecular weight excluding hydrogens is 342 g/mol. The van der Waals surface area contributed by atoms with E-state index in [0.29, 0.717) is 11.3 Å². The summed E-state index contributed by atoms with van der Waals surface area (Å²) in [5.74, 6) is -0.259. The molecule has 2 rings (SSSR count). The summed E-state index contributed by atoms with van der Waals surface area (Å²) in [5, 5.41) is 11.5. The highest BCUT2D eigenvalue weighted by atomic mass is 32.1. The number of hydrogen-bond donors (Lipinski definition) is 4. The first kappa shape index (κ1) is 18.2. The smallest absolute Gasteiger partial charge is 0.269 e. The Kier molecular flexibility index (Phi) is 6.30. The third-order valence-electron chi connectivity index (χ3n) is 3.12. The number of phenols is 1. The van der Waals surface area contributed by atoms with Crippen LogP contribution in [0.5, 0.6) is 11.5 Å². The molecule has 0 aliphatic rings. The van der Waals surface area contributed by atoms with Crippen molar-refractivity contribution in [2.24, 2.45) is 0 Å². The maximum atomic E-state index is 11.8. The molecule has 0 bridgehead atoms.